The molecule has 0 aromatic carbocycles. The number of hydrogen-bond donors (Lipinski definition) is 2. The van der Waals surface area contributed by atoms with E-state index >= 15 is 0 Å². The second-order valence-corrected chi connectivity index (χ2v) is 5.04. The van der Waals surface area contributed by atoms with E-state index in [9.17, 15) is 9.18 Å². The fraction of sp³-hybridized carbons (Fsp3) is 0.300. The van der Waals surface area contributed by atoms with Crippen LogP contribution in [0.25, 0.3) is 9.78 Å². The van der Waals surface area contributed by atoms with Gasteiger partial charge in [-0.3, -0.25) is 0 Å². The molecule has 2 N–H and O–H groups in total. The molecule has 0 radical (unpaired) electrons. The Hall–Kier alpha value is -0.901. The van der Waals surface area contributed by atoms with Gasteiger partial charge in [-0.15, -0.1) is 0 Å². The molecule has 3 nitrogen and oxygen atoms in total. The van der Waals surface area contributed by atoms with E-state index in [1.807, 2.05) is 0 Å². The summed E-state index contributed by atoms with van der Waals surface area (Å²) in [6.07, 6.45) is 2.39. The molecule has 0 saturated carbocycles. The van der Waals surface area contributed by atoms with E-state index < -0.39 is 6.80 Å². The van der Waals surface area contributed by atoms with Crippen molar-refractivity contribution in [1.82, 2.24) is 10.3 Å². The third kappa shape index (κ3) is 2.20. The summed E-state index contributed by atoms with van der Waals surface area (Å²) in [5.41, 5.74) is 1.11. The topological polar surface area (TPSA) is 44.9 Å². The van der Waals surface area contributed by atoms with Gasteiger partial charge in [-0.25, -0.2) is 0 Å². The molecule has 2 rings (SSSR count). The third-order valence-corrected chi connectivity index (χ3v) is 4.24. The molecular formula is C10H11FN2OSe. The van der Waals surface area contributed by atoms with Crippen molar-refractivity contribution >= 4 is 24.3 Å². The summed E-state index contributed by atoms with van der Waals surface area (Å²) in [7, 11) is 0. The molecular weight excluding hydrogens is 262 g/mol. The Kier molecular flexibility index (Phi) is 3.36. The maximum atomic E-state index is 11.8. The number of nitrogens with one attached hydrogen (secondary N) is 2. The summed E-state index contributed by atoms with van der Waals surface area (Å²) in [5.74, 6) is 0. The predicted octanol–water partition coefficient (Wildman–Crippen LogP) is 0.644. The van der Waals surface area contributed by atoms with Crippen molar-refractivity contribution in [2.24, 2.45) is 0 Å². The average Bonchev–Trinajstić information content (AvgIpc) is 2.63. The van der Waals surface area contributed by atoms with Gasteiger partial charge in [0.1, 0.15) is 0 Å². The van der Waals surface area contributed by atoms with Gasteiger partial charge in [0.05, 0.1) is 0 Å². The molecule has 15 heavy (non-hydrogen) atoms. The van der Waals surface area contributed by atoms with Crippen molar-refractivity contribution < 1.29 is 4.39 Å². The Morgan fingerprint density at radius 2 is 2.40 bits per heavy atom. The first kappa shape index (κ1) is 10.6. The predicted molar refractivity (Wildman–Crippen MR) is 59.2 cm³/mol. The Morgan fingerprint density at radius 1 is 1.53 bits per heavy atom. The Balaban J connectivity index is 2.32. The van der Waals surface area contributed by atoms with Crippen molar-refractivity contribution in [3.63, 3.8) is 0 Å². The van der Waals surface area contributed by atoms with E-state index in [2.05, 4.69) is 15.2 Å². The number of alkyl halides is 1. The van der Waals surface area contributed by atoms with Crippen LogP contribution >= 0.6 is 0 Å². The van der Waals surface area contributed by atoms with Crippen LogP contribution in [0, 0.1) is 0 Å². The molecule has 0 aliphatic carbocycles. The zero-order valence-electron chi connectivity index (χ0n) is 8.05. The van der Waals surface area contributed by atoms with Crippen LogP contribution in [-0.4, -0.2) is 32.8 Å². The number of halogens is 1. The molecule has 0 atom stereocenters. The van der Waals surface area contributed by atoms with Crippen LogP contribution in [0.2, 0.25) is 0 Å². The van der Waals surface area contributed by atoms with Crippen LogP contribution in [0.15, 0.2) is 22.0 Å². The average molecular weight is 273 g/mol. The zero-order valence-corrected chi connectivity index (χ0v) is 9.76. The first-order chi connectivity index (χ1) is 7.33. The molecule has 0 unspecified atom stereocenters. The van der Waals surface area contributed by atoms with Crippen molar-refractivity contribution in [3.05, 3.63) is 33.0 Å². The molecule has 0 aliphatic rings. The van der Waals surface area contributed by atoms with Gasteiger partial charge in [0, 0.05) is 0 Å². The summed E-state index contributed by atoms with van der Waals surface area (Å²) in [6, 6.07) is 1.54. The fourth-order valence-corrected chi connectivity index (χ4v) is 3.58. The number of aromatic amines is 1. The number of pyridine rings is 1. The summed E-state index contributed by atoms with van der Waals surface area (Å²) in [5, 5.41) is 3.42. The SMILES string of the molecule is O=c1cc[nH]c2[se]cc(CCNCF)c12. The number of hydrogen-bond acceptors (Lipinski definition) is 2. The van der Waals surface area contributed by atoms with E-state index in [1.165, 1.54) is 6.07 Å². The Morgan fingerprint density at radius 3 is 3.20 bits per heavy atom. The number of H-pyrrole nitrogens is 1. The Labute approximate surface area is 92.1 Å². The monoisotopic (exact) mass is 274 g/mol. The molecule has 2 aromatic rings. The van der Waals surface area contributed by atoms with E-state index in [1.54, 1.807) is 6.20 Å². The molecule has 0 amide bonds. The van der Waals surface area contributed by atoms with E-state index in [-0.39, 0.29) is 19.9 Å². The Bertz CT molecular complexity index is 505. The molecule has 0 spiro atoms. The van der Waals surface area contributed by atoms with Gasteiger partial charge in [-0.2, -0.15) is 0 Å². The van der Waals surface area contributed by atoms with Gasteiger partial charge in [0.15, 0.2) is 0 Å². The van der Waals surface area contributed by atoms with Gasteiger partial charge >= 0.3 is 91.7 Å². The van der Waals surface area contributed by atoms with Gasteiger partial charge in [0.25, 0.3) is 0 Å². The fourth-order valence-electron chi connectivity index (χ4n) is 1.52. The van der Waals surface area contributed by atoms with Crippen LogP contribution in [0.4, 0.5) is 4.39 Å². The van der Waals surface area contributed by atoms with Crippen molar-refractivity contribution in [2.75, 3.05) is 13.3 Å². The summed E-state index contributed by atoms with van der Waals surface area (Å²) in [6.45, 7) is 0.0581. The third-order valence-electron chi connectivity index (χ3n) is 2.23. The minimum absolute atomic E-state index is 0.0645. The molecule has 2 aromatic heterocycles. The van der Waals surface area contributed by atoms with E-state index in [0.717, 1.165) is 15.3 Å². The molecule has 0 aliphatic heterocycles. The molecule has 0 bridgehead atoms. The van der Waals surface area contributed by atoms with Crippen LogP contribution < -0.4 is 10.7 Å². The normalized spacial score (nSPS) is 11.0. The van der Waals surface area contributed by atoms with E-state index in [0.29, 0.717) is 13.0 Å². The quantitative estimate of drug-likeness (QED) is 0.488. The second-order valence-electron chi connectivity index (χ2n) is 3.19. The maximum absolute atomic E-state index is 11.8. The van der Waals surface area contributed by atoms with Gasteiger partial charge < -0.3 is 0 Å². The van der Waals surface area contributed by atoms with Crippen LogP contribution in [-0.2, 0) is 6.42 Å². The van der Waals surface area contributed by atoms with Crippen LogP contribution in [0.1, 0.15) is 5.56 Å². The molecule has 80 valence electrons. The van der Waals surface area contributed by atoms with Gasteiger partial charge in [-0.1, -0.05) is 0 Å². The van der Waals surface area contributed by atoms with Crippen LogP contribution in [0.3, 0.4) is 0 Å². The van der Waals surface area contributed by atoms with Crippen molar-refractivity contribution in [1.29, 1.82) is 0 Å². The summed E-state index contributed by atoms with van der Waals surface area (Å²) < 4.78 is 12.9. The number of fused-ring (bicyclic) bond motifs is 1. The molecule has 0 fully saturated rings. The number of rotatable bonds is 4. The van der Waals surface area contributed by atoms with Crippen molar-refractivity contribution in [2.45, 2.75) is 6.42 Å². The van der Waals surface area contributed by atoms with E-state index in [4.69, 9.17) is 0 Å². The van der Waals surface area contributed by atoms with Crippen molar-refractivity contribution in [3.8, 4) is 0 Å². The first-order valence-electron chi connectivity index (χ1n) is 4.67. The first-order valence-corrected chi connectivity index (χ1v) is 6.52. The summed E-state index contributed by atoms with van der Waals surface area (Å²) in [4.78, 5) is 16.8. The van der Waals surface area contributed by atoms with Gasteiger partial charge in [-0.05, 0) is 0 Å². The molecule has 0 saturated heterocycles. The molecule has 2 heterocycles. The standard InChI is InChI=1S/C10H11FN2OSe/c11-6-12-3-1-7-5-15-10-9(7)8(14)2-4-13-10/h2,4-5,12H,1,3,6H2,(H,13,14). The molecule has 5 heteroatoms. The van der Waals surface area contributed by atoms with Gasteiger partial charge in [0.2, 0.25) is 0 Å². The number of aromatic nitrogens is 1. The van der Waals surface area contributed by atoms with Crippen LogP contribution in [0.5, 0.6) is 0 Å². The summed E-state index contributed by atoms with van der Waals surface area (Å²) >= 11 is 0.223. The minimum atomic E-state index is -0.517. The second kappa shape index (κ2) is 4.75. The zero-order chi connectivity index (χ0) is 10.7.